The predicted octanol–water partition coefficient (Wildman–Crippen LogP) is -0.635. The summed E-state index contributed by atoms with van der Waals surface area (Å²) in [6, 6.07) is 0. The van der Waals surface area contributed by atoms with Gasteiger partial charge in [-0.25, -0.2) is 0 Å². The molecule has 0 spiro atoms. The maximum atomic E-state index is 11.3. The fourth-order valence-corrected chi connectivity index (χ4v) is 1.20. The number of nitrogens with one attached hydrogen (secondary N) is 1. The second kappa shape index (κ2) is 3.41. The van der Waals surface area contributed by atoms with Gasteiger partial charge in [-0.1, -0.05) is 0 Å². The third-order valence-electron chi connectivity index (χ3n) is 2.26. The summed E-state index contributed by atoms with van der Waals surface area (Å²) in [6.45, 7) is 1.92. The molecule has 0 heterocycles. The van der Waals surface area contributed by atoms with E-state index in [2.05, 4.69) is 5.32 Å². The average molecular weight is 172 g/mol. The van der Waals surface area contributed by atoms with Crippen LogP contribution in [0.2, 0.25) is 0 Å². The van der Waals surface area contributed by atoms with Crippen molar-refractivity contribution in [2.75, 3.05) is 6.54 Å². The molecule has 70 valence electrons. The molecular formula is C8H16N2O2. The topological polar surface area (TPSA) is 75.3 Å². The van der Waals surface area contributed by atoms with Crippen molar-refractivity contribution in [3.63, 3.8) is 0 Å². The molecular weight excluding hydrogens is 156 g/mol. The van der Waals surface area contributed by atoms with Crippen LogP contribution in [0.25, 0.3) is 0 Å². The van der Waals surface area contributed by atoms with Crippen LogP contribution < -0.4 is 11.1 Å². The Hall–Kier alpha value is -0.610. The van der Waals surface area contributed by atoms with Gasteiger partial charge in [0.1, 0.15) is 0 Å². The molecule has 4 heteroatoms. The molecule has 1 saturated carbocycles. The molecule has 0 saturated heterocycles. The lowest BCUT2D eigenvalue weighted by molar-refractivity contribution is -0.129. The van der Waals surface area contributed by atoms with Gasteiger partial charge in [0.15, 0.2) is 0 Å². The molecule has 0 unspecified atom stereocenters. The first kappa shape index (κ1) is 9.48. The van der Waals surface area contributed by atoms with Crippen LogP contribution in [-0.4, -0.2) is 29.2 Å². The minimum absolute atomic E-state index is 0.130. The number of hydrogen-bond acceptors (Lipinski definition) is 3. The summed E-state index contributed by atoms with van der Waals surface area (Å²) in [5.74, 6) is -0.130. The lowest BCUT2D eigenvalue weighted by Gasteiger charge is -2.36. The van der Waals surface area contributed by atoms with Gasteiger partial charge in [0, 0.05) is 6.54 Å². The standard InChI is InChI=1S/C8H16N2O2/c1-6(11)5-10-7(12)8(9)3-2-4-8/h6,11H,2-5,9H2,1H3,(H,10,12)/t6-/m0/s1. The highest BCUT2D eigenvalue weighted by molar-refractivity contribution is 5.86. The van der Waals surface area contributed by atoms with Crippen molar-refractivity contribution < 1.29 is 9.90 Å². The molecule has 0 aromatic heterocycles. The van der Waals surface area contributed by atoms with Crippen molar-refractivity contribution in [2.24, 2.45) is 5.73 Å². The van der Waals surface area contributed by atoms with Crippen LogP contribution in [0.4, 0.5) is 0 Å². The van der Waals surface area contributed by atoms with E-state index >= 15 is 0 Å². The summed E-state index contributed by atoms with van der Waals surface area (Å²) in [5, 5.41) is 11.5. The molecule has 12 heavy (non-hydrogen) atoms. The van der Waals surface area contributed by atoms with Gasteiger partial charge < -0.3 is 16.2 Å². The van der Waals surface area contributed by atoms with E-state index in [-0.39, 0.29) is 12.5 Å². The van der Waals surface area contributed by atoms with Gasteiger partial charge in [-0.05, 0) is 26.2 Å². The first-order chi connectivity index (χ1) is 5.54. The second-order valence-electron chi connectivity index (χ2n) is 3.57. The number of amides is 1. The smallest absolute Gasteiger partial charge is 0.240 e. The fraction of sp³-hybridized carbons (Fsp3) is 0.875. The van der Waals surface area contributed by atoms with Crippen LogP contribution in [0.3, 0.4) is 0 Å². The monoisotopic (exact) mass is 172 g/mol. The highest BCUT2D eigenvalue weighted by Gasteiger charge is 2.39. The molecule has 0 bridgehead atoms. The van der Waals surface area contributed by atoms with Crippen molar-refractivity contribution in [1.29, 1.82) is 0 Å². The summed E-state index contributed by atoms with van der Waals surface area (Å²) in [4.78, 5) is 11.3. The summed E-state index contributed by atoms with van der Waals surface area (Å²) in [7, 11) is 0. The van der Waals surface area contributed by atoms with Crippen molar-refractivity contribution in [2.45, 2.75) is 37.8 Å². The van der Waals surface area contributed by atoms with Crippen molar-refractivity contribution in [3.05, 3.63) is 0 Å². The van der Waals surface area contributed by atoms with E-state index in [0.717, 1.165) is 19.3 Å². The largest absolute Gasteiger partial charge is 0.392 e. The molecule has 1 atom stereocenters. The predicted molar refractivity (Wildman–Crippen MR) is 45.5 cm³/mol. The fourth-order valence-electron chi connectivity index (χ4n) is 1.20. The Bertz CT molecular complexity index is 176. The molecule has 1 amide bonds. The Labute approximate surface area is 72.1 Å². The Morgan fingerprint density at radius 1 is 1.75 bits per heavy atom. The SMILES string of the molecule is C[C@H](O)CNC(=O)C1(N)CCC1. The highest BCUT2D eigenvalue weighted by Crippen LogP contribution is 2.28. The van der Waals surface area contributed by atoms with Crippen LogP contribution in [0.5, 0.6) is 0 Å². The third kappa shape index (κ3) is 1.95. The van der Waals surface area contributed by atoms with Gasteiger partial charge >= 0.3 is 0 Å². The lowest BCUT2D eigenvalue weighted by Crippen LogP contribution is -2.59. The summed E-state index contributed by atoms with van der Waals surface area (Å²) < 4.78 is 0. The number of carbonyl (C=O) groups is 1. The molecule has 0 radical (unpaired) electrons. The second-order valence-corrected chi connectivity index (χ2v) is 3.57. The molecule has 4 N–H and O–H groups in total. The van der Waals surface area contributed by atoms with Crippen molar-refractivity contribution in [3.8, 4) is 0 Å². The highest BCUT2D eigenvalue weighted by atomic mass is 16.3. The normalized spacial score (nSPS) is 22.6. The zero-order chi connectivity index (χ0) is 9.19. The molecule has 1 aliphatic rings. The van der Waals surface area contributed by atoms with E-state index in [4.69, 9.17) is 10.8 Å². The number of carbonyl (C=O) groups excluding carboxylic acids is 1. The third-order valence-corrected chi connectivity index (χ3v) is 2.26. The summed E-state index contributed by atoms with van der Waals surface area (Å²) >= 11 is 0. The van der Waals surface area contributed by atoms with E-state index < -0.39 is 11.6 Å². The van der Waals surface area contributed by atoms with E-state index in [1.54, 1.807) is 6.92 Å². The quantitative estimate of drug-likeness (QED) is 0.530. The maximum Gasteiger partial charge on any atom is 0.240 e. The average Bonchev–Trinajstić information content (AvgIpc) is 1.95. The van der Waals surface area contributed by atoms with E-state index in [9.17, 15) is 4.79 Å². The zero-order valence-electron chi connectivity index (χ0n) is 7.34. The van der Waals surface area contributed by atoms with Crippen LogP contribution in [0.15, 0.2) is 0 Å². The molecule has 4 nitrogen and oxygen atoms in total. The van der Waals surface area contributed by atoms with Gasteiger partial charge in [0.05, 0.1) is 11.6 Å². The maximum absolute atomic E-state index is 11.3. The van der Waals surface area contributed by atoms with E-state index in [1.807, 2.05) is 0 Å². The molecule has 1 rings (SSSR count). The van der Waals surface area contributed by atoms with E-state index in [0.29, 0.717) is 0 Å². The van der Waals surface area contributed by atoms with Crippen molar-refractivity contribution >= 4 is 5.91 Å². The molecule has 0 aromatic rings. The Morgan fingerprint density at radius 3 is 2.67 bits per heavy atom. The van der Waals surface area contributed by atoms with Crippen LogP contribution in [0.1, 0.15) is 26.2 Å². The molecule has 1 fully saturated rings. The zero-order valence-corrected chi connectivity index (χ0v) is 7.34. The molecule has 0 aliphatic heterocycles. The van der Waals surface area contributed by atoms with Crippen molar-refractivity contribution in [1.82, 2.24) is 5.32 Å². The number of rotatable bonds is 3. The number of aliphatic hydroxyl groups excluding tert-OH is 1. The molecule has 1 aliphatic carbocycles. The minimum atomic E-state index is -0.644. The van der Waals surface area contributed by atoms with Gasteiger partial charge in [0.25, 0.3) is 0 Å². The van der Waals surface area contributed by atoms with Gasteiger partial charge in [-0.15, -0.1) is 0 Å². The summed E-state index contributed by atoms with van der Waals surface area (Å²) in [6.07, 6.45) is 2.05. The van der Waals surface area contributed by atoms with Crippen LogP contribution >= 0.6 is 0 Å². The number of hydrogen-bond donors (Lipinski definition) is 3. The van der Waals surface area contributed by atoms with Crippen LogP contribution in [-0.2, 0) is 4.79 Å². The Balaban J connectivity index is 2.28. The van der Waals surface area contributed by atoms with Gasteiger partial charge in [-0.2, -0.15) is 0 Å². The van der Waals surface area contributed by atoms with Gasteiger partial charge in [0.2, 0.25) is 5.91 Å². The first-order valence-corrected chi connectivity index (χ1v) is 4.30. The number of nitrogens with two attached hydrogens (primary N) is 1. The van der Waals surface area contributed by atoms with E-state index in [1.165, 1.54) is 0 Å². The number of aliphatic hydroxyl groups is 1. The van der Waals surface area contributed by atoms with Gasteiger partial charge in [-0.3, -0.25) is 4.79 Å². The Kier molecular flexibility index (Phi) is 2.69. The molecule has 0 aromatic carbocycles. The summed E-state index contributed by atoms with van der Waals surface area (Å²) in [5.41, 5.74) is 5.09. The minimum Gasteiger partial charge on any atom is -0.392 e. The Morgan fingerprint density at radius 2 is 2.33 bits per heavy atom. The first-order valence-electron chi connectivity index (χ1n) is 4.30. The lowest BCUT2D eigenvalue weighted by atomic mass is 9.77. The van der Waals surface area contributed by atoms with Crippen LogP contribution in [0, 0.1) is 0 Å².